The maximum atomic E-state index is 13.1. The summed E-state index contributed by atoms with van der Waals surface area (Å²) in [7, 11) is 0. The van der Waals surface area contributed by atoms with Crippen LogP contribution in [-0.4, -0.2) is 94.2 Å². The third kappa shape index (κ3) is 10.6. The number of hydrogen-bond acceptors (Lipinski definition) is 9. The number of carbonyl (C=O) groups is 6. The van der Waals surface area contributed by atoms with Crippen molar-refractivity contribution in [2.75, 3.05) is 13.2 Å². The minimum absolute atomic E-state index is 0.102. The summed E-state index contributed by atoms with van der Waals surface area (Å²) in [6.45, 7) is -0.258. The lowest BCUT2D eigenvalue weighted by Gasteiger charge is -2.27. The van der Waals surface area contributed by atoms with Gasteiger partial charge < -0.3 is 48.1 Å². The van der Waals surface area contributed by atoms with Gasteiger partial charge in [0.15, 0.2) is 0 Å². The molecule has 37 heavy (non-hydrogen) atoms. The molecule has 0 saturated carbocycles. The third-order valence-corrected chi connectivity index (χ3v) is 5.02. The Morgan fingerprint density at radius 1 is 0.865 bits per heavy atom. The maximum Gasteiger partial charge on any atom is 0.328 e. The highest BCUT2D eigenvalue weighted by Crippen LogP contribution is 2.06. The number of hydrogen-bond donors (Lipinski definition) is 9. The highest BCUT2D eigenvalue weighted by Gasteiger charge is 2.33. The first kappa shape index (κ1) is 31.0. The Hall–Kier alpha value is -4.08. The molecule has 1 aromatic carbocycles. The molecule has 0 radical (unpaired) electrons. The first-order chi connectivity index (χ1) is 17.4. The van der Waals surface area contributed by atoms with Crippen molar-refractivity contribution in [2.24, 2.45) is 11.5 Å². The second-order valence-corrected chi connectivity index (χ2v) is 8.05. The van der Waals surface area contributed by atoms with E-state index < -0.39 is 85.3 Å². The summed E-state index contributed by atoms with van der Waals surface area (Å²) in [6.07, 6.45) is -2.19. The fourth-order valence-corrected chi connectivity index (χ4v) is 3.10. The van der Waals surface area contributed by atoms with E-state index in [-0.39, 0.29) is 6.42 Å². The predicted molar refractivity (Wildman–Crippen MR) is 127 cm³/mol. The summed E-state index contributed by atoms with van der Waals surface area (Å²) < 4.78 is 0. The van der Waals surface area contributed by atoms with Crippen molar-refractivity contribution in [1.82, 2.24) is 21.3 Å². The molecule has 0 saturated heterocycles. The summed E-state index contributed by atoms with van der Waals surface area (Å²) in [5, 5.41) is 37.1. The van der Waals surface area contributed by atoms with Crippen LogP contribution >= 0.6 is 0 Å². The average molecular weight is 525 g/mol. The van der Waals surface area contributed by atoms with Gasteiger partial charge in [-0.15, -0.1) is 0 Å². The number of amides is 5. The molecule has 0 heterocycles. The van der Waals surface area contributed by atoms with Gasteiger partial charge in [0.05, 0.1) is 25.7 Å². The number of carboxylic acid groups (broad SMARTS) is 1. The lowest BCUT2D eigenvalue weighted by atomic mass is 10.0. The molecule has 15 nitrogen and oxygen atoms in total. The van der Waals surface area contributed by atoms with Crippen molar-refractivity contribution >= 4 is 35.5 Å². The lowest BCUT2D eigenvalue weighted by molar-refractivity contribution is -0.144. The van der Waals surface area contributed by atoms with Gasteiger partial charge in [0, 0.05) is 6.42 Å². The zero-order valence-electron chi connectivity index (χ0n) is 20.0. The monoisotopic (exact) mass is 524 g/mol. The van der Waals surface area contributed by atoms with Crippen LogP contribution in [0.15, 0.2) is 30.3 Å². The first-order valence-electron chi connectivity index (χ1n) is 11.1. The van der Waals surface area contributed by atoms with Crippen LogP contribution in [0.4, 0.5) is 0 Å². The van der Waals surface area contributed by atoms with Gasteiger partial charge in [-0.3, -0.25) is 24.0 Å². The van der Waals surface area contributed by atoms with Gasteiger partial charge in [-0.1, -0.05) is 30.3 Å². The molecule has 1 aromatic rings. The van der Waals surface area contributed by atoms with E-state index in [2.05, 4.69) is 16.0 Å². The number of aliphatic carboxylic acids is 1. The number of rotatable bonds is 15. The number of nitrogens with two attached hydrogens (primary N) is 2. The second-order valence-electron chi connectivity index (χ2n) is 8.05. The van der Waals surface area contributed by atoms with Gasteiger partial charge >= 0.3 is 5.97 Å². The maximum absolute atomic E-state index is 13.1. The van der Waals surface area contributed by atoms with E-state index in [0.717, 1.165) is 6.92 Å². The van der Waals surface area contributed by atoms with Crippen LogP contribution in [0.25, 0.3) is 0 Å². The Bertz CT molecular complexity index is 973. The van der Waals surface area contributed by atoms with Crippen LogP contribution in [0.5, 0.6) is 0 Å². The van der Waals surface area contributed by atoms with Gasteiger partial charge in [0.1, 0.15) is 24.2 Å². The molecule has 0 spiro atoms. The number of nitrogens with one attached hydrogen (secondary N) is 4. The van der Waals surface area contributed by atoms with Gasteiger partial charge in [0.2, 0.25) is 29.5 Å². The topological polar surface area (TPSA) is 263 Å². The Kier molecular flexibility index (Phi) is 12.7. The second kappa shape index (κ2) is 15.1. The van der Waals surface area contributed by atoms with E-state index >= 15 is 0 Å². The zero-order chi connectivity index (χ0) is 28.1. The Labute approximate surface area is 212 Å². The van der Waals surface area contributed by atoms with Crippen LogP contribution in [0.1, 0.15) is 18.9 Å². The molecular weight excluding hydrogens is 492 g/mol. The molecule has 0 aliphatic heterocycles. The summed E-state index contributed by atoms with van der Waals surface area (Å²) >= 11 is 0. The number of benzene rings is 1. The minimum Gasteiger partial charge on any atom is -0.480 e. The first-order valence-corrected chi connectivity index (χ1v) is 11.1. The highest BCUT2D eigenvalue weighted by atomic mass is 16.4. The lowest BCUT2D eigenvalue weighted by Crippen LogP contribution is -2.61. The normalized spacial score (nSPS) is 14.7. The Balaban J connectivity index is 3.18. The van der Waals surface area contributed by atoms with E-state index in [0.29, 0.717) is 5.56 Å². The van der Waals surface area contributed by atoms with Crippen molar-refractivity contribution in [1.29, 1.82) is 0 Å². The number of primary amides is 1. The van der Waals surface area contributed by atoms with Gasteiger partial charge in [0.25, 0.3) is 0 Å². The fourth-order valence-electron chi connectivity index (χ4n) is 3.10. The molecule has 0 aromatic heterocycles. The Morgan fingerprint density at radius 3 is 1.92 bits per heavy atom. The molecule has 5 atom stereocenters. The van der Waals surface area contributed by atoms with Crippen LogP contribution in [0.3, 0.4) is 0 Å². The van der Waals surface area contributed by atoms with E-state index in [9.17, 15) is 33.9 Å². The van der Waals surface area contributed by atoms with Crippen molar-refractivity contribution in [3.05, 3.63) is 35.9 Å². The molecule has 0 unspecified atom stereocenters. The van der Waals surface area contributed by atoms with Gasteiger partial charge in [-0.05, 0) is 12.5 Å². The quantitative estimate of drug-likeness (QED) is 0.106. The summed E-state index contributed by atoms with van der Waals surface area (Å²) in [5.74, 6) is -6.20. The summed E-state index contributed by atoms with van der Waals surface area (Å²) in [5.41, 5.74) is 11.0. The summed E-state index contributed by atoms with van der Waals surface area (Å²) in [4.78, 5) is 72.7. The molecular formula is C22H32N6O9. The molecule has 1 rings (SSSR count). The molecule has 11 N–H and O–H groups in total. The minimum atomic E-state index is -1.69. The smallest absolute Gasteiger partial charge is 0.328 e. The largest absolute Gasteiger partial charge is 0.480 e. The van der Waals surface area contributed by atoms with E-state index in [1.165, 1.54) is 0 Å². The van der Waals surface area contributed by atoms with Crippen LogP contribution in [-0.2, 0) is 35.2 Å². The molecule has 0 aliphatic rings. The number of aliphatic hydroxyl groups excluding tert-OH is 2. The molecule has 0 bridgehead atoms. The van der Waals surface area contributed by atoms with Gasteiger partial charge in [-0.25, -0.2) is 4.79 Å². The summed E-state index contributed by atoms with van der Waals surface area (Å²) in [6, 6.07) is 2.21. The van der Waals surface area contributed by atoms with Crippen LogP contribution < -0.4 is 32.7 Å². The number of aliphatic hydroxyl groups is 2. The molecule has 0 fully saturated rings. The van der Waals surface area contributed by atoms with Crippen molar-refractivity contribution in [2.45, 2.75) is 50.0 Å². The van der Waals surface area contributed by atoms with Gasteiger partial charge in [-0.2, -0.15) is 0 Å². The standard InChI is InChI=1S/C22H32N6O9/c1-11(30)18(21(35)27-15(10-29)22(36)37)28-20(34)13(7-12-5-3-2-4-6-12)26-19(33)14(8-16(24)31)25-17(32)9-23/h2-6,11,13-15,18,29-30H,7-10,23H2,1H3,(H2,24,31)(H,25,32)(H,26,33)(H,27,35)(H,28,34)(H,36,37)/t11-,13+,14+,15+,18+/m1/s1. The number of carboxylic acids is 1. The third-order valence-electron chi connectivity index (χ3n) is 5.02. The van der Waals surface area contributed by atoms with E-state index in [1.54, 1.807) is 30.3 Å². The van der Waals surface area contributed by atoms with Crippen LogP contribution in [0.2, 0.25) is 0 Å². The van der Waals surface area contributed by atoms with E-state index in [1.807, 2.05) is 5.32 Å². The SMILES string of the molecule is C[C@@H](O)[C@H](NC(=O)[C@H](Cc1ccccc1)NC(=O)[C@H](CC(N)=O)NC(=O)CN)C(=O)N[C@@H](CO)C(=O)O. The van der Waals surface area contributed by atoms with E-state index in [4.69, 9.17) is 21.7 Å². The van der Waals surface area contributed by atoms with Crippen molar-refractivity contribution in [3.8, 4) is 0 Å². The predicted octanol–water partition coefficient (Wildman–Crippen LogP) is -4.54. The average Bonchev–Trinajstić information content (AvgIpc) is 2.84. The van der Waals surface area contributed by atoms with Crippen molar-refractivity contribution in [3.63, 3.8) is 0 Å². The van der Waals surface area contributed by atoms with Crippen molar-refractivity contribution < 1.29 is 44.1 Å². The molecule has 0 aliphatic carbocycles. The molecule has 5 amide bonds. The molecule has 204 valence electrons. The van der Waals surface area contributed by atoms with Crippen LogP contribution in [0, 0.1) is 0 Å². The molecule has 15 heteroatoms. The Morgan fingerprint density at radius 2 is 1.43 bits per heavy atom. The zero-order valence-corrected chi connectivity index (χ0v) is 20.0. The highest BCUT2D eigenvalue weighted by molar-refractivity contribution is 5.96. The number of carbonyl (C=O) groups excluding carboxylic acids is 5. The fraction of sp³-hybridized carbons (Fsp3) is 0.455.